The molecule has 2 atom stereocenters. The van der Waals surface area contributed by atoms with Crippen molar-refractivity contribution in [2.75, 3.05) is 13.1 Å². The van der Waals surface area contributed by atoms with E-state index in [1.54, 1.807) is 17.0 Å². The van der Waals surface area contributed by atoms with Crippen molar-refractivity contribution < 1.29 is 14.0 Å². The molecule has 2 aliphatic rings. The molecule has 6 heteroatoms. The average Bonchev–Trinajstić information content (AvgIpc) is 3.33. The smallest absolute Gasteiger partial charge is 0.290 e. The Hall–Kier alpha value is -2.60. The van der Waals surface area contributed by atoms with E-state index in [9.17, 15) is 9.59 Å². The van der Waals surface area contributed by atoms with Gasteiger partial charge in [-0.1, -0.05) is 24.3 Å². The standard InChI is InChI=1S/C19H21N3O3/c23-18(21-15-7-8-20-11-15)16-10-13-4-1-2-5-14(13)12-22(16)19(24)17-6-3-9-25-17/h1-6,9,15-16,20H,7-8,10-12H2,(H,21,23). The van der Waals surface area contributed by atoms with Crippen LogP contribution in [0.4, 0.5) is 0 Å². The summed E-state index contributed by atoms with van der Waals surface area (Å²) in [5.74, 6) is -0.0768. The molecule has 1 aromatic heterocycles. The Morgan fingerprint density at radius 2 is 2.00 bits per heavy atom. The number of rotatable bonds is 3. The van der Waals surface area contributed by atoms with Crippen molar-refractivity contribution in [2.45, 2.75) is 31.5 Å². The van der Waals surface area contributed by atoms with Gasteiger partial charge < -0.3 is 20.0 Å². The molecule has 0 saturated carbocycles. The molecule has 2 amide bonds. The van der Waals surface area contributed by atoms with Crippen LogP contribution < -0.4 is 10.6 Å². The topological polar surface area (TPSA) is 74.6 Å². The fraction of sp³-hybridized carbons (Fsp3) is 0.368. The molecular formula is C19H21N3O3. The van der Waals surface area contributed by atoms with E-state index in [-0.39, 0.29) is 23.6 Å². The van der Waals surface area contributed by atoms with E-state index in [1.165, 1.54) is 6.26 Å². The maximum Gasteiger partial charge on any atom is 0.290 e. The first-order valence-corrected chi connectivity index (χ1v) is 8.65. The van der Waals surface area contributed by atoms with Crippen LogP contribution in [0.5, 0.6) is 0 Å². The summed E-state index contributed by atoms with van der Waals surface area (Å²) in [6, 6.07) is 10.9. The second kappa shape index (κ2) is 6.72. The fourth-order valence-electron chi connectivity index (χ4n) is 3.59. The SMILES string of the molecule is O=C(NC1CCNC1)C1Cc2ccccc2CN1C(=O)c1ccco1. The van der Waals surface area contributed by atoms with Gasteiger partial charge in [-0.05, 0) is 36.2 Å². The lowest BCUT2D eigenvalue weighted by Crippen LogP contribution is -2.54. The van der Waals surface area contributed by atoms with Gasteiger partial charge in [0, 0.05) is 25.6 Å². The molecule has 2 unspecified atom stereocenters. The molecule has 6 nitrogen and oxygen atoms in total. The summed E-state index contributed by atoms with van der Waals surface area (Å²) in [6.45, 7) is 2.10. The van der Waals surface area contributed by atoms with Gasteiger partial charge in [0.2, 0.25) is 5.91 Å². The molecule has 0 radical (unpaired) electrons. The number of amides is 2. The van der Waals surface area contributed by atoms with Crippen molar-refractivity contribution in [3.63, 3.8) is 0 Å². The first kappa shape index (κ1) is 15.9. The Labute approximate surface area is 146 Å². The number of carbonyl (C=O) groups excluding carboxylic acids is 2. The Morgan fingerprint density at radius 1 is 1.16 bits per heavy atom. The molecule has 1 fully saturated rings. The van der Waals surface area contributed by atoms with Crippen molar-refractivity contribution in [2.24, 2.45) is 0 Å². The van der Waals surface area contributed by atoms with Gasteiger partial charge >= 0.3 is 0 Å². The first-order chi connectivity index (χ1) is 12.2. The van der Waals surface area contributed by atoms with Crippen molar-refractivity contribution >= 4 is 11.8 Å². The second-order valence-electron chi connectivity index (χ2n) is 6.60. The van der Waals surface area contributed by atoms with Crippen LogP contribution in [0.25, 0.3) is 0 Å². The van der Waals surface area contributed by atoms with Crippen LogP contribution in [0.2, 0.25) is 0 Å². The van der Waals surface area contributed by atoms with Gasteiger partial charge in [-0.25, -0.2) is 0 Å². The lowest BCUT2D eigenvalue weighted by Gasteiger charge is -2.36. The lowest BCUT2D eigenvalue weighted by molar-refractivity contribution is -0.126. The number of furan rings is 1. The van der Waals surface area contributed by atoms with E-state index < -0.39 is 6.04 Å². The van der Waals surface area contributed by atoms with Gasteiger partial charge in [0.1, 0.15) is 6.04 Å². The largest absolute Gasteiger partial charge is 0.459 e. The van der Waals surface area contributed by atoms with Crippen LogP contribution in [0.15, 0.2) is 47.1 Å². The third-order valence-corrected chi connectivity index (χ3v) is 4.95. The van der Waals surface area contributed by atoms with Crippen LogP contribution in [0.1, 0.15) is 28.1 Å². The quantitative estimate of drug-likeness (QED) is 0.885. The van der Waals surface area contributed by atoms with Crippen LogP contribution in [0, 0.1) is 0 Å². The highest BCUT2D eigenvalue weighted by molar-refractivity contribution is 5.96. The summed E-state index contributed by atoms with van der Waals surface area (Å²) < 4.78 is 5.27. The summed E-state index contributed by atoms with van der Waals surface area (Å²) in [5.41, 5.74) is 2.20. The lowest BCUT2D eigenvalue weighted by atomic mass is 9.93. The Balaban J connectivity index is 1.60. The normalized spacial score (nSPS) is 22.5. The molecule has 3 heterocycles. The number of carbonyl (C=O) groups is 2. The second-order valence-corrected chi connectivity index (χ2v) is 6.60. The zero-order chi connectivity index (χ0) is 17.2. The summed E-state index contributed by atoms with van der Waals surface area (Å²) in [4.78, 5) is 27.4. The minimum Gasteiger partial charge on any atom is -0.459 e. The Kier molecular flexibility index (Phi) is 4.28. The van der Waals surface area contributed by atoms with Crippen molar-refractivity contribution in [3.8, 4) is 0 Å². The number of nitrogens with one attached hydrogen (secondary N) is 2. The Bertz CT molecular complexity index is 766. The van der Waals surface area contributed by atoms with Gasteiger partial charge in [0.15, 0.2) is 5.76 Å². The summed E-state index contributed by atoms with van der Waals surface area (Å²) in [6.07, 6.45) is 2.92. The molecule has 1 saturated heterocycles. The number of benzene rings is 1. The van der Waals surface area contributed by atoms with Crippen molar-refractivity contribution in [1.29, 1.82) is 0 Å². The van der Waals surface area contributed by atoms with Gasteiger partial charge in [-0.3, -0.25) is 9.59 Å². The van der Waals surface area contributed by atoms with E-state index in [0.717, 1.165) is 30.6 Å². The van der Waals surface area contributed by atoms with E-state index >= 15 is 0 Å². The molecule has 0 spiro atoms. The molecule has 2 aromatic rings. The van der Waals surface area contributed by atoms with E-state index in [0.29, 0.717) is 13.0 Å². The highest BCUT2D eigenvalue weighted by Gasteiger charge is 2.36. The molecule has 0 bridgehead atoms. The van der Waals surface area contributed by atoms with Gasteiger partial charge in [0.05, 0.1) is 6.26 Å². The molecule has 0 aliphatic carbocycles. The van der Waals surface area contributed by atoms with E-state index in [4.69, 9.17) is 4.42 Å². The number of fused-ring (bicyclic) bond motifs is 1. The van der Waals surface area contributed by atoms with Crippen molar-refractivity contribution in [1.82, 2.24) is 15.5 Å². The van der Waals surface area contributed by atoms with Crippen molar-refractivity contribution in [3.05, 3.63) is 59.5 Å². The number of hydrogen-bond acceptors (Lipinski definition) is 4. The highest BCUT2D eigenvalue weighted by Crippen LogP contribution is 2.25. The molecule has 130 valence electrons. The monoisotopic (exact) mass is 339 g/mol. The molecular weight excluding hydrogens is 318 g/mol. The summed E-state index contributed by atoms with van der Waals surface area (Å²) in [7, 11) is 0. The van der Waals surface area contributed by atoms with Crippen LogP contribution in [-0.2, 0) is 17.8 Å². The molecule has 1 aromatic carbocycles. The minimum atomic E-state index is -0.520. The molecule has 25 heavy (non-hydrogen) atoms. The highest BCUT2D eigenvalue weighted by atomic mass is 16.3. The van der Waals surface area contributed by atoms with Gasteiger partial charge in [-0.2, -0.15) is 0 Å². The predicted molar refractivity (Wildman–Crippen MR) is 91.9 cm³/mol. The van der Waals surface area contributed by atoms with Crippen LogP contribution >= 0.6 is 0 Å². The van der Waals surface area contributed by atoms with Crippen LogP contribution in [0.3, 0.4) is 0 Å². The van der Waals surface area contributed by atoms with Gasteiger partial charge in [-0.15, -0.1) is 0 Å². The van der Waals surface area contributed by atoms with E-state index in [1.807, 2.05) is 24.3 Å². The fourth-order valence-corrected chi connectivity index (χ4v) is 3.59. The molecule has 2 N–H and O–H groups in total. The maximum absolute atomic E-state index is 12.9. The van der Waals surface area contributed by atoms with Gasteiger partial charge in [0.25, 0.3) is 5.91 Å². The third kappa shape index (κ3) is 3.17. The maximum atomic E-state index is 12.9. The first-order valence-electron chi connectivity index (χ1n) is 8.65. The number of nitrogens with zero attached hydrogens (tertiary/aromatic N) is 1. The summed E-state index contributed by atoms with van der Waals surface area (Å²) in [5, 5.41) is 6.33. The Morgan fingerprint density at radius 3 is 2.72 bits per heavy atom. The zero-order valence-electron chi connectivity index (χ0n) is 13.9. The summed E-state index contributed by atoms with van der Waals surface area (Å²) >= 11 is 0. The molecule has 2 aliphatic heterocycles. The van der Waals surface area contributed by atoms with Crippen LogP contribution in [-0.4, -0.2) is 41.9 Å². The third-order valence-electron chi connectivity index (χ3n) is 4.95. The number of hydrogen-bond donors (Lipinski definition) is 2. The molecule has 4 rings (SSSR count). The zero-order valence-corrected chi connectivity index (χ0v) is 13.9. The minimum absolute atomic E-state index is 0.0943. The average molecular weight is 339 g/mol. The van der Waals surface area contributed by atoms with E-state index in [2.05, 4.69) is 10.6 Å². The predicted octanol–water partition coefficient (Wildman–Crippen LogP) is 1.32.